The molecule has 28 heavy (non-hydrogen) atoms. The Balaban J connectivity index is 1.73. The Hall–Kier alpha value is -2.82. The number of imidazole rings is 1. The fraction of sp³-hybridized carbons (Fsp3) is 0.391. The number of hydrogen-bond donors (Lipinski definition) is 1. The standard InChI is InChI=1S/C23H28N4O/c1-15-8-7-9-16(2)19(15)14-24-20-12-18(23(28)27-10-5-6-11-27)13-21-22(20)26(4)17(3)25-21/h7-9,12-13,24H,5-6,10-11,14H2,1-4H3. The summed E-state index contributed by atoms with van der Waals surface area (Å²) in [6, 6.07) is 10.3. The highest BCUT2D eigenvalue weighted by Gasteiger charge is 2.22. The van der Waals surface area contributed by atoms with Gasteiger partial charge < -0.3 is 14.8 Å². The van der Waals surface area contributed by atoms with Crippen molar-refractivity contribution in [1.82, 2.24) is 14.5 Å². The minimum absolute atomic E-state index is 0.109. The number of anilines is 1. The number of benzene rings is 2. The molecular weight excluding hydrogens is 348 g/mol. The zero-order valence-electron chi connectivity index (χ0n) is 17.2. The van der Waals surface area contributed by atoms with Gasteiger partial charge >= 0.3 is 0 Å². The predicted octanol–water partition coefficient (Wildman–Crippen LogP) is 4.35. The molecule has 0 spiro atoms. The molecule has 1 amide bonds. The molecule has 2 heterocycles. The van der Waals surface area contributed by atoms with Crippen LogP contribution in [0.5, 0.6) is 0 Å². The van der Waals surface area contributed by atoms with Crippen molar-refractivity contribution in [2.45, 2.75) is 40.2 Å². The van der Waals surface area contributed by atoms with Crippen molar-refractivity contribution in [2.24, 2.45) is 7.05 Å². The van der Waals surface area contributed by atoms with Gasteiger partial charge in [0.15, 0.2) is 0 Å². The van der Waals surface area contributed by atoms with Crippen LogP contribution >= 0.6 is 0 Å². The summed E-state index contributed by atoms with van der Waals surface area (Å²) in [5, 5.41) is 3.59. The van der Waals surface area contributed by atoms with Gasteiger partial charge in [-0.2, -0.15) is 0 Å². The molecule has 1 saturated heterocycles. The van der Waals surface area contributed by atoms with Crippen molar-refractivity contribution >= 4 is 22.6 Å². The van der Waals surface area contributed by atoms with Gasteiger partial charge in [-0.25, -0.2) is 4.98 Å². The highest BCUT2D eigenvalue weighted by atomic mass is 16.2. The molecule has 5 heteroatoms. The smallest absolute Gasteiger partial charge is 0.254 e. The third-order valence-corrected chi connectivity index (χ3v) is 5.93. The second-order valence-corrected chi connectivity index (χ2v) is 7.83. The molecule has 4 rings (SSSR count). The maximum Gasteiger partial charge on any atom is 0.254 e. The Morgan fingerprint density at radius 1 is 1.11 bits per heavy atom. The first-order valence-electron chi connectivity index (χ1n) is 10.0. The van der Waals surface area contributed by atoms with Gasteiger partial charge in [-0.15, -0.1) is 0 Å². The van der Waals surface area contributed by atoms with Gasteiger partial charge in [0.05, 0.1) is 16.7 Å². The number of rotatable bonds is 4. The summed E-state index contributed by atoms with van der Waals surface area (Å²) in [6.45, 7) is 8.70. The zero-order valence-corrected chi connectivity index (χ0v) is 17.2. The molecule has 0 unspecified atom stereocenters. The lowest BCUT2D eigenvalue weighted by Crippen LogP contribution is -2.27. The average Bonchev–Trinajstić information content (AvgIpc) is 3.29. The van der Waals surface area contributed by atoms with E-state index in [4.69, 9.17) is 0 Å². The van der Waals surface area contributed by atoms with Gasteiger partial charge in [-0.3, -0.25) is 4.79 Å². The maximum absolute atomic E-state index is 13.0. The van der Waals surface area contributed by atoms with Gasteiger partial charge in [0, 0.05) is 32.2 Å². The number of hydrogen-bond acceptors (Lipinski definition) is 3. The number of aromatic nitrogens is 2. The zero-order chi connectivity index (χ0) is 19.8. The fourth-order valence-corrected chi connectivity index (χ4v) is 4.14. The molecule has 1 aliphatic heterocycles. The van der Waals surface area contributed by atoms with Crippen molar-refractivity contribution in [3.63, 3.8) is 0 Å². The predicted molar refractivity (Wildman–Crippen MR) is 114 cm³/mol. The van der Waals surface area contributed by atoms with E-state index >= 15 is 0 Å². The van der Waals surface area contributed by atoms with E-state index in [9.17, 15) is 4.79 Å². The van der Waals surface area contributed by atoms with Gasteiger partial charge in [0.25, 0.3) is 5.91 Å². The van der Waals surface area contributed by atoms with E-state index in [0.717, 1.165) is 60.6 Å². The monoisotopic (exact) mass is 376 g/mol. The SMILES string of the molecule is Cc1cccc(C)c1CNc1cc(C(=O)N2CCCC2)cc2nc(C)n(C)c12. The Morgan fingerprint density at radius 2 is 1.79 bits per heavy atom. The van der Waals surface area contributed by atoms with E-state index in [2.05, 4.69) is 46.9 Å². The summed E-state index contributed by atoms with van der Waals surface area (Å²) in [6.07, 6.45) is 2.18. The van der Waals surface area contributed by atoms with E-state index in [1.807, 2.05) is 31.0 Å². The van der Waals surface area contributed by atoms with Gasteiger partial charge in [-0.1, -0.05) is 18.2 Å². The van der Waals surface area contributed by atoms with E-state index in [1.165, 1.54) is 16.7 Å². The highest BCUT2D eigenvalue weighted by molar-refractivity contribution is 6.01. The van der Waals surface area contributed by atoms with Gasteiger partial charge in [0.2, 0.25) is 0 Å². The van der Waals surface area contributed by atoms with E-state index < -0.39 is 0 Å². The first kappa shape index (κ1) is 18.5. The third kappa shape index (κ3) is 3.26. The molecule has 0 atom stereocenters. The van der Waals surface area contributed by atoms with Crippen molar-refractivity contribution in [2.75, 3.05) is 18.4 Å². The number of carbonyl (C=O) groups is 1. The van der Waals surface area contributed by atoms with Crippen LogP contribution in [0.25, 0.3) is 11.0 Å². The normalized spacial score (nSPS) is 14.1. The molecule has 1 N–H and O–H groups in total. The highest BCUT2D eigenvalue weighted by Crippen LogP contribution is 2.28. The molecular formula is C23H28N4O. The number of nitrogens with one attached hydrogen (secondary N) is 1. The van der Waals surface area contributed by atoms with Crippen LogP contribution in [0.3, 0.4) is 0 Å². The lowest BCUT2D eigenvalue weighted by Gasteiger charge is -2.17. The maximum atomic E-state index is 13.0. The molecule has 146 valence electrons. The van der Waals surface area contributed by atoms with E-state index in [0.29, 0.717) is 0 Å². The number of amides is 1. The quantitative estimate of drug-likeness (QED) is 0.737. The van der Waals surface area contributed by atoms with Gasteiger partial charge in [0.1, 0.15) is 5.82 Å². The van der Waals surface area contributed by atoms with Crippen LogP contribution in [0.4, 0.5) is 5.69 Å². The molecule has 0 bridgehead atoms. The van der Waals surface area contributed by atoms with Crippen LogP contribution < -0.4 is 5.32 Å². The van der Waals surface area contributed by atoms with Crippen LogP contribution in [0.2, 0.25) is 0 Å². The van der Waals surface area contributed by atoms with E-state index in [-0.39, 0.29) is 5.91 Å². The Labute approximate surface area is 166 Å². The molecule has 2 aromatic carbocycles. The molecule has 1 fully saturated rings. The third-order valence-electron chi connectivity index (χ3n) is 5.93. The lowest BCUT2D eigenvalue weighted by molar-refractivity contribution is 0.0793. The second-order valence-electron chi connectivity index (χ2n) is 7.83. The summed E-state index contributed by atoms with van der Waals surface area (Å²) in [7, 11) is 2.02. The molecule has 1 aromatic heterocycles. The Bertz CT molecular complexity index is 1020. The van der Waals surface area contributed by atoms with Crippen LogP contribution in [0.1, 0.15) is 45.7 Å². The Kier molecular flexibility index (Phi) is 4.84. The minimum atomic E-state index is 0.109. The molecule has 5 nitrogen and oxygen atoms in total. The van der Waals surface area contributed by atoms with Gasteiger partial charge in [-0.05, 0) is 62.4 Å². The van der Waals surface area contributed by atoms with Crippen molar-refractivity contribution in [1.29, 1.82) is 0 Å². The molecule has 0 aliphatic carbocycles. The lowest BCUT2D eigenvalue weighted by atomic mass is 10.0. The molecule has 0 radical (unpaired) electrons. The largest absolute Gasteiger partial charge is 0.379 e. The Morgan fingerprint density at radius 3 is 2.46 bits per heavy atom. The molecule has 0 saturated carbocycles. The van der Waals surface area contributed by atoms with Crippen molar-refractivity contribution in [3.05, 3.63) is 58.4 Å². The van der Waals surface area contributed by atoms with Crippen molar-refractivity contribution < 1.29 is 4.79 Å². The van der Waals surface area contributed by atoms with Crippen LogP contribution in [-0.4, -0.2) is 33.4 Å². The minimum Gasteiger partial charge on any atom is -0.379 e. The topological polar surface area (TPSA) is 50.2 Å². The summed E-state index contributed by atoms with van der Waals surface area (Å²) in [5.41, 5.74) is 7.44. The average molecular weight is 377 g/mol. The molecule has 1 aliphatic rings. The first-order valence-corrected chi connectivity index (χ1v) is 10.0. The number of likely N-dealkylation sites (tertiary alicyclic amines) is 1. The summed E-state index contributed by atoms with van der Waals surface area (Å²) in [4.78, 5) is 19.6. The van der Waals surface area contributed by atoms with Crippen LogP contribution in [0, 0.1) is 20.8 Å². The fourth-order valence-electron chi connectivity index (χ4n) is 4.14. The van der Waals surface area contributed by atoms with Crippen LogP contribution in [-0.2, 0) is 13.6 Å². The van der Waals surface area contributed by atoms with E-state index in [1.54, 1.807) is 0 Å². The number of nitrogens with zero attached hydrogens (tertiary/aromatic N) is 3. The first-order chi connectivity index (χ1) is 13.5. The summed E-state index contributed by atoms with van der Waals surface area (Å²) >= 11 is 0. The number of carbonyl (C=O) groups excluding carboxylic acids is 1. The number of aryl methyl sites for hydroxylation is 4. The van der Waals surface area contributed by atoms with Crippen molar-refractivity contribution in [3.8, 4) is 0 Å². The summed E-state index contributed by atoms with van der Waals surface area (Å²) in [5.74, 6) is 1.05. The van der Waals surface area contributed by atoms with Crippen LogP contribution in [0.15, 0.2) is 30.3 Å². The second kappa shape index (κ2) is 7.30. The number of fused-ring (bicyclic) bond motifs is 1. The molecule has 3 aromatic rings. The summed E-state index contributed by atoms with van der Waals surface area (Å²) < 4.78 is 2.09.